The number of thiazole rings is 1. The molecular weight excluding hydrogens is 433 g/mol. The Morgan fingerprint density at radius 1 is 1.18 bits per heavy atom. The van der Waals surface area contributed by atoms with Crippen molar-refractivity contribution in [2.24, 2.45) is 0 Å². The van der Waals surface area contributed by atoms with Crippen LogP contribution in [-0.4, -0.2) is 16.0 Å². The Kier molecular flexibility index (Phi) is 6.67. The van der Waals surface area contributed by atoms with Crippen LogP contribution in [0.5, 0.6) is 0 Å². The number of hydrogen-bond acceptors (Lipinski definition) is 4. The average molecular weight is 450 g/mol. The van der Waals surface area contributed by atoms with Gasteiger partial charge in [-0.1, -0.05) is 72.7 Å². The molecule has 0 spiro atoms. The van der Waals surface area contributed by atoms with Crippen LogP contribution in [0.15, 0.2) is 42.5 Å². The van der Waals surface area contributed by atoms with E-state index >= 15 is 0 Å². The van der Waals surface area contributed by atoms with Crippen molar-refractivity contribution in [3.8, 4) is 0 Å². The third-order valence-corrected chi connectivity index (χ3v) is 5.87. The SMILES string of the molecule is CC(C)c1ccc(/C=C/C(=O)NC(=S)Nc2nc3c(Cl)c(Cl)ccc3s2)cc1. The van der Waals surface area contributed by atoms with Crippen LogP contribution in [0.25, 0.3) is 16.3 Å². The van der Waals surface area contributed by atoms with E-state index in [2.05, 4.69) is 41.6 Å². The number of fused-ring (bicyclic) bond motifs is 1. The molecule has 1 heterocycles. The highest BCUT2D eigenvalue weighted by molar-refractivity contribution is 7.80. The predicted molar refractivity (Wildman–Crippen MR) is 124 cm³/mol. The number of hydrogen-bond donors (Lipinski definition) is 2. The van der Waals surface area contributed by atoms with Crippen LogP contribution in [0.3, 0.4) is 0 Å². The molecule has 0 saturated heterocycles. The third kappa shape index (κ3) is 5.08. The van der Waals surface area contributed by atoms with Crippen molar-refractivity contribution in [1.82, 2.24) is 10.3 Å². The summed E-state index contributed by atoms with van der Waals surface area (Å²) in [6.07, 6.45) is 3.18. The maximum Gasteiger partial charge on any atom is 0.250 e. The van der Waals surface area contributed by atoms with Gasteiger partial charge in [-0.2, -0.15) is 0 Å². The van der Waals surface area contributed by atoms with Crippen molar-refractivity contribution >= 4 is 79.2 Å². The van der Waals surface area contributed by atoms with Gasteiger partial charge < -0.3 is 5.32 Å². The monoisotopic (exact) mass is 449 g/mol. The molecule has 3 aromatic rings. The van der Waals surface area contributed by atoms with E-state index in [0.717, 1.165) is 10.3 Å². The van der Waals surface area contributed by atoms with Crippen molar-refractivity contribution in [3.05, 3.63) is 63.6 Å². The van der Waals surface area contributed by atoms with E-state index in [4.69, 9.17) is 35.4 Å². The molecule has 8 heteroatoms. The lowest BCUT2D eigenvalue weighted by atomic mass is 10.0. The standard InChI is InChI=1S/C20H17Cl2N3OS2/c1-11(2)13-6-3-12(4-7-13)5-10-16(26)23-19(27)25-20-24-18-15(28-20)9-8-14(21)17(18)22/h3-11H,1-2H3,(H2,23,24,25,26,27)/b10-5+. The lowest BCUT2D eigenvalue weighted by Gasteiger charge is -2.05. The van der Waals surface area contributed by atoms with Gasteiger partial charge in [0.2, 0.25) is 5.91 Å². The molecule has 0 bridgehead atoms. The zero-order chi connectivity index (χ0) is 20.3. The van der Waals surface area contributed by atoms with E-state index in [9.17, 15) is 4.79 Å². The number of anilines is 1. The fourth-order valence-corrected chi connectivity index (χ4v) is 3.99. The molecule has 144 valence electrons. The molecule has 0 aliphatic heterocycles. The van der Waals surface area contributed by atoms with Gasteiger partial charge in [-0.3, -0.25) is 10.1 Å². The average Bonchev–Trinajstić information content (AvgIpc) is 3.06. The number of nitrogens with one attached hydrogen (secondary N) is 2. The largest absolute Gasteiger partial charge is 0.308 e. The Labute approximate surface area is 182 Å². The van der Waals surface area contributed by atoms with E-state index < -0.39 is 0 Å². The van der Waals surface area contributed by atoms with E-state index in [1.165, 1.54) is 23.0 Å². The molecule has 0 fully saturated rings. The van der Waals surface area contributed by atoms with Crippen LogP contribution in [0.4, 0.5) is 5.13 Å². The molecule has 0 atom stereocenters. The third-order valence-electron chi connectivity index (χ3n) is 3.94. The molecule has 2 N–H and O–H groups in total. The highest BCUT2D eigenvalue weighted by Crippen LogP contribution is 2.35. The van der Waals surface area contributed by atoms with Gasteiger partial charge in [-0.05, 0) is 47.5 Å². The second-order valence-corrected chi connectivity index (χ2v) is 8.55. The summed E-state index contributed by atoms with van der Waals surface area (Å²) in [4.78, 5) is 16.5. The summed E-state index contributed by atoms with van der Waals surface area (Å²) in [5, 5.41) is 7.01. The van der Waals surface area contributed by atoms with E-state index in [-0.39, 0.29) is 11.0 Å². The van der Waals surface area contributed by atoms with Crippen LogP contribution in [0, 0.1) is 0 Å². The molecule has 2 aromatic carbocycles. The van der Waals surface area contributed by atoms with Crippen molar-refractivity contribution in [1.29, 1.82) is 0 Å². The summed E-state index contributed by atoms with van der Waals surface area (Å²) in [5.74, 6) is 0.144. The Bertz CT molecular complexity index is 1060. The summed E-state index contributed by atoms with van der Waals surface area (Å²) in [6, 6.07) is 11.6. The zero-order valence-electron chi connectivity index (χ0n) is 15.1. The maximum atomic E-state index is 12.1. The summed E-state index contributed by atoms with van der Waals surface area (Å²) in [6.45, 7) is 4.28. The Hall–Kier alpha value is -1.99. The van der Waals surface area contributed by atoms with Crippen molar-refractivity contribution in [3.63, 3.8) is 0 Å². The van der Waals surface area contributed by atoms with Gasteiger partial charge in [0.05, 0.1) is 14.7 Å². The molecule has 1 aromatic heterocycles. The second kappa shape index (κ2) is 9.01. The topological polar surface area (TPSA) is 54.0 Å². The Morgan fingerprint density at radius 3 is 2.57 bits per heavy atom. The Morgan fingerprint density at radius 2 is 1.89 bits per heavy atom. The zero-order valence-corrected chi connectivity index (χ0v) is 18.3. The molecule has 4 nitrogen and oxygen atoms in total. The van der Waals surface area contributed by atoms with Crippen LogP contribution < -0.4 is 10.6 Å². The lowest BCUT2D eigenvalue weighted by molar-refractivity contribution is -0.115. The fraction of sp³-hybridized carbons (Fsp3) is 0.150. The summed E-state index contributed by atoms with van der Waals surface area (Å²) in [5.41, 5.74) is 2.79. The van der Waals surface area contributed by atoms with Gasteiger partial charge in [0.15, 0.2) is 10.2 Å². The van der Waals surface area contributed by atoms with Crippen molar-refractivity contribution < 1.29 is 4.79 Å². The number of rotatable bonds is 4. The first-order valence-corrected chi connectivity index (χ1v) is 10.5. The first-order valence-electron chi connectivity index (χ1n) is 8.48. The number of nitrogens with zero attached hydrogens (tertiary/aromatic N) is 1. The van der Waals surface area contributed by atoms with Crippen LogP contribution in [0.2, 0.25) is 10.0 Å². The summed E-state index contributed by atoms with van der Waals surface area (Å²) >= 11 is 18.7. The van der Waals surface area contributed by atoms with Gasteiger partial charge in [-0.25, -0.2) is 4.98 Å². The van der Waals surface area contributed by atoms with Gasteiger partial charge in [0.25, 0.3) is 0 Å². The number of halogens is 2. The van der Waals surface area contributed by atoms with E-state index in [0.29, 0.717) is 26.6 Å². The van der Waals surface area contributed by atoms with Gasteiger partial charge in [-0.15, -0.1) is 0 Å². The first kappa shape index (κ1) is 20.7. The fourth-order valence-electron chi connectivity index (χ4n) is 2.44. The minimum atomic E-state index is -0.326. The van der Waals surface area contributed by atoms with Crippen LogP contribution in [-0.2, 0) is 4.79 Å². The maximum absolute atomic E-state index is 12.1. The van der Waals surface area contributed by atoms with Crippen molar-refractivity contribution in [2.45, 2.75) is 19.8 Å². The number of amides is 1. The highest BCUT2D eigenvalue weighted by atomic mass is 35.5. The molecule has 0 aliphatic carbocycles. The van der Waals surface area contributed by atoms with E-state index in [1.807, 2.05) is 18.2 Å². The first-order chi connectivity index (χ1) is 13.3. The quantitative estimate of drug-likeness (QED) is 0.364. The minimum absolute atomic E-state index is 0.158. The van der Waals surface area contributed by atoms with Crippen LogP contribution >= 0.6 is 46.8 Å². The van der Waals surface area contributed by atoms with Crippen molar-refractivity contribution in [2.75, 3.05) is 5.32 Å². The predicted octanol–water partition coefficient (Wildman–Crippen LogP) is 6.25. The molecular formula is C20H17Cl2N3OS2. The molecule has 28 heavy (non-hydrogen) atoms. The number of thiocarbonyl (C=S) groups is 1. The summed E-state index contributed by atoms with van der Waals surface area (Å²) < 4.78 is 0.871. The lowest BCUT2D eigenvalue weighted by Crippen LogP contribution is -2.32. The summed E-state index contributed by atoms with van der Waals surface area (Å²) in [7, 11) is 0. The van der Waals surface area contributed by atoms with Gasteiger partial charge in [0.1, 0.15) is 5.52 Å². The molecule has 3 rings (SSSR count). The molecule has 0 radical (unpaired) electrons. The molecule has 0 aliphatic rings. The Balaban J connectivity index is 1.60. The van der Waals surface area contributed by atoms with E-state index in [1.54, 1.807) is 12.1 Å². The van der Waals surface area contributed by atoms with Gasteiger partial charge >= 0.3 is 0 Å². The minimum Gasteiger partial charge on any atom is -0.308 e. The number of carbonyl (C=O) groups excluding carboxylic acids is 1. The van der Waals surface area contributed by atoms with Gasteiger partial charge in [0, 0.05) is 6.08 Å². The normalized spacial score (nSPS) is 11.3. The molecule has 0 saturated carbocycles. The molecule has 0 unspecified atom stereocenters. The highest BCUT2D eigenvalue weighted by Gasteiger charge is 2.11. The second-order valence-electron chi connectivity index (χ2n) is 6.33. The number of benzene rings is 2. The smallest absolute Gasteiger partial charge is 0.250 e. The van der Waals surface area contributed by atoms with Crippen LogP contribution in [0.1, 0.15) is 30.9 Å². The number of carbonyl (C=O) groups is 1. The number of aromatic nitrogens is 1. The molecule has 1 amide bonds.